The summed E-state index contributed by atoms with van der Waals surface area (Å²) in [7, 11) is 5.94. The SMILES string of the molecule is COc1cccc(C23CCN(C)CC2CC[C@@H](N(C)C(=O)c2ccccc2)C3)c1. The summed E-state index contributed by atoms with van der Waals surface area (Å²) < 4.78 is 5.54. The van der Waals surface area contributed by atoms with Crippen LogP contribution in [0.3, 0.4) is 0 Å². The molecule has 1 aliphatic heterocycles. The molecule has 154 valence electrons. The molecule has 1 amide bonds. The molecule has 2 fully saturated rings. The Hall–Kier alpha value is -2.33. The molecule has 0 N–H and O–H groups in total. The fourth-order valence-corrected chi connectivity index (χ4v) is 5.50. The first-order chi connectivity index (χ1) is 14.0. The first kappa shape index (κ1) is 20.0. The standard InChI is InChI=1S/C25H32N2O2/c1-26-15-14-25(20-10-7-11-23(16-20)29-3)17-22(13-12-21(25)18-26)27(2)24(28)19-8-5-4-6-9-19/h4-11,16,21-22H,12-15,17-18H2,1-3H3/t21?,22-,25?/m1/s1. The summed E-state index contributed by atoms with van der Waals surface area (Å²) in [5.74, 6) is 1.66. The van der Waals surface area contributed by atoms with E-state index in [1.54, 1.807) is 7.11 Å². The first-order valence-electron chi connectivity index (χ1n) is 10.7. The molecule has 2 aliphatic rings. The minimum absolute atomic E-state index is 0.106. The second-order valence-electron chi connectivity index (χ2n) is 8.81. The highest BCUT2D eigenvalue weighted by Gasteiger charge is 2.48. The fraction of sp³-hybridized carbons (Fsp3) is 0.480. The van der Waals surface area contributed by atoms with Crippen LogP contribution in [0.15, 0.2) is 54.6 Å². The van der Waals surface area contributed by atoms with E-state index in [0.29, 0.717) is 5.92 Å². The van der Waals surface area contributed by atoms with Crippen molar-refractivity contribution in [2.75, 3.05) is 34.3 Å². The zero-order valence-electron chi connectivity index (χ0n) is 17.8. The number of rotatable bonds is 4. The van der Waals surface area contributed by atoms with Gasteiger partial charge in [0.15, 0.2) is 0 Å². The van der Waals surface area contributed by atoms with Crippen LogP contribution in [-0.2, 0) is 5.41 Å². The molecular formula is C25H32N2O2. The van der Waals surface area contributed by atoms with Crippen LogP contribution in [-0.4, -0.2) is 56.0 Å². The van der Waals surface area contributed by atoms with Crippen molar-refractivity contribution < 1.29 is 9.53 Å². The van der Waals surface area contributed by atoms with E-state index in [4.69, 9.17) is 4.74 Å². The molecule has 4 nitrogen and oxygen atoms in total. The van der Waals surface area contributed by atoms with Gasteiger partial charge in [-0.1, -0.05) is 30.3 Å². The Morgan fingerprint density at radius 2 is 1.93 bits per heavy atom. The lowest BCUT2D eigenvalue weighted by molar-refractivity contribution is 0.0259. The number of carbonyl (C=O) groups excluding carboxylic acids is 1. The largest absolute Gasteiger partial charge is 0.497 e. The van der Waals surface area contributed by atoms with E-state index < -0.39 is 0 Å². The highest BCUT2D eigenvalue weighted by atomic mass is 16.5. The molecule has 1 saturated carbocycles. The zero-order chi connectivity index (χ0) is 20.4. The first-order valence-corrected chi connectivity index (χ1v) is 10.7. The van der Waals surface area contributed by atoms with Crippen molar-refractivity contribution in [1.82, 2.24) is 9.80 Å². The maximum absolute atomic E-state index is 13.1. The van der Waals surface area contributed by atoms with Gasteiger partial charge in [0, 0.05) is 30.6 Å². The fourth-order valence-electron chi connectivity index (χ4n) is 5.50. The monoisotopic (exact) mass is 392 g/mol. The molecule has 2 unspecified atom stereocenters. The Morgan fingerprint density at radius 3 is 2.69 bits per heavy atom. The van der Waals surface area contributed by atoms with Crippen molar-refractivity contribution in [2.24, 2.45) is 5.92 Å². The maximum Gasteiger partial charge on any atom is 0.253 e. The van der Waals surface area contributed by atoms with Crippen molar-refractivity contribution in [3.05, 3.63) is 65.7 Å². The smallest absolute Gasteiger partial charge is 0.253 e. The number of hydrogen-bond acceptors (Lipinski definition) is 3. The molecule has 4 heteroatoms. The molecule has 2 aromatic carbocycles. The topological polar surface area (TPSA) is 32.8 Å². The highest BCUT2D eigenvalue weighted by Crippen LogP contribution is 2.50. The number of methoxy groups -OCH3 is 1. The van der Waals surface area contributed by atoms with Crippen LogP contribution in [0, 0.1) is 5.92 Å². The Labute approximate surface area is 174 Å². The number of ether oxygens (including phenoxy) is 1. The van der Waals surface area contributed by atoms with Crippen molar-refractivity contribution in [1.29, 1.82) is 0 Å². The van der Waals surface area contributed by atoms with Crippen LogP contribution in [0.25, 0.3) is 0 Å². The summed E-state index contributed by atoms with van der Waals surface area (Å²) >= 11 is 0. The molecule has 1 saturated heterocycles. The third kappa shape index (κ3) is 3.78. The zero-order valence-corrected chi connectivity index (χ0v) is 17.8. The van der Waals surface area contributed by atoms with Gasteiger partial charge in [-0.3, -0.25) is 4.79 Å². The predicted octanol–water partition coefficient (Wildman–Crippen LogP) is 4.21. The van der Waals surface area contributed by atoms with Gasteiger partial charge in [-0.15, -0.1) is 0 Å². The van der Waals surface area contributed by atoms with E-state index in [9.17, 15) is 4.79 Å². The maximum atomic E-state index is 13.1. The van der Waals surface area contributed by atoms with Crippen molar-refractivity contribution in [3.8, 4) is 5.75 Å². The lowest BCUT2D eigenvalue weighted by atomic mass is 9.58. The molecule has 4 rings (SSSR count). The minimum Gasteiger partial charge on any atom is -0.497 e. The Kier molecular flexibility index (Phi) is 5.64. The van der Waals surface area contributed by atoms with Crippen LogP contribution in [0.2, 0.25) is 0 Å². The number of amides is 1. The highest BCUT2D eigenvalue weighted by molar-refractivity contribution is 5.94. The van der Waals surface area contributed by atoms with E-state index in [0.717, 1.165) is 50.1 Å². The Balaban J connectivity index is 1.64. The Morgan fingerprint density at radius 1 is 1.14 bits per heavy atom. The quantitative estimate of drug-likeness (QED) is 0.781. The van der Waals surface area contributed by atoms with E-state index in [1.807, 2.05) is 48.3 Å². The molecular weight excluding hydrogens is 360 g/mol. The van der Waals surface area contributed by atoms with E-state index >= 15 is 0 Å². The summed E-state index contributed by atoms with van der Waals surface area (Å²) in [5.41, 5.74) is 2.26. The van der Waals surface area contributed by atoms with Crippen molar-refractivity contribution in [3.63, 3.8) is 0 Å². The van der Waals surface area contributed by atoms with Gasteiger partial charge in [0.25, 0.3) is 5.91 Å². The summed E-state index contributed by atoms with van der Waals surface area (Å²) in [6.45, 7) is 2.22. The van der Waals surface area contributed by atoms with Crippen LogP contribution in [0.5, 0.6) is 5.75 Å². The van der Waals surface area contributed by atoms with E-state index in [2.05, 4.69) is 30.1 Å². The summed E-state index contributed by atoms with van der Waals surface area (Å²) in [6, 6.07) is 18.5. The van der Waals surface area contributed by atoms with Crippen LogP contribution >= 0.6 is 0 Å². The molecule has 0 bridgehead atoms. The predicted molar refractivity (Wildman–Crippen MR) is 116 cm³/mol. The average molecular weight is 393 g/mol. The number of hydrogen-bond donors (Lipinski definition) is 0. The van der Waals surface area contributed by atoms with Crippen LogP contribution < -0.4 is 4.74 Å². The lowest BCUT2D eigenvalue weighted by Gasteiger charge is -2.53. The second kappa shape index (κ2) is 8.19. The van der Waals surface area contributed by atoms with E-state index in [-0.39, 0.29) is 17.4 Å². The lowest BCUT2D eigenvalue weighted by Crippen LogP contribution is -2.55. The van der Waals surface area contributed by atoms with Gasteiger partial charge < -0.3 is 14.5 Å². The number of benzene rings is 2. The normalized spacial score (nSPS) is 27.1. The third-order valence-electron chi connectivity index (χ3n) is 7.23. The van der Waals surface area contributed by atoms with Gasteiger partial charge in [-0.05, 0) is 75.0 Å². The number of piperidine rings is 1. The number of carbonyl (C=O) groups is 1. The van der Waals surface area contributed by atoms with Crippen molar-refractivity contribution >= 4 is 5.91 Å². The summed E-state index contributed by atoms with van der Waals surface area (Å²) in [4.78, 5) is 17.5. The molecule has 1 aliphatic carbocycles. The molecule has 2 aromatic rings. The van der Waals surface area contributed by atoms with Gasteiger partial charge in [-0.25, -0.2) is 0 Å². The summed E-state index contributed by atoms with van der Waals surface area (Å²) in [6.07, 6.45) is 4.37. The minimum atomic E-state index is 0.106. The Bertz CT molecular complexity index is 853. The molecule has 0 radical (unpaired) electrons. The molecule has 0 spiro atoms. The van der Waals surface area contributed by atoms with Gasteiger partial charge >= 0.3 is 0 Å². The summed E-state index contributed by atoms with van der Waals surface area (Å²) in [5, 5.41) is 0. The second-order valence-corrected chi connectivity index (χ2v) is 8.81. The number of nitrogens with zero attached hydrogens (tertiary/aromatic N) is 2. The molecule has 3 atom stereocenters. The van der Waals surface area contributed by atoms with E-state index in [1.165, 1.54) is 5.56 Å². The molecule has 0 aromatic heterocycles. The number of likely N-dealkylation sites (tertiary alicyclic amines) is 1. The molecule has 29 heavy (non-hydrogen) atoms. The average Bonchev–Trinajstić information content (AvgIpc) is 2.78. The third-order valence-corrected chi connectivity index (χ3v) is 7.23. The van der Waals surface area contributed by atoms with Crippen LogP contribution in [0.4, 0.5) is 0 Å². The number of fused-ring (bicyclic) bond motifs is 1. The van der Waals surface area contributed by atoms with Gasteiger partial charge in [-0.2, -0.15) is 0 Å². The van der Waals surface area contributed by atoms with Gasteiger partial charge in [0.1, 0.15) is 5.75 Å². The molecule has 1 heterocycles. The van der Waals surface area contributed by atoms with Gasteiger partial charge in [0.05, 0.1) is 7.11 Å². The van der Waals surface area contributed by atoms with Crippen LogP contribution in [0.1, 0.15) is 41.6 Å². The van der Waals surface area contributed by atoms with Crippen molar-refractivity contribution in [2.45, 2.75) is 37.1 Å². The van der Waals surface area contributed by atoms with Gasteiger partial charge in [0.2, 0.25) is 0 Å².